The Morgan fingerprint density at radius 3 is 2.48 bits per heavy atom. The molecule has 0 aliphatic heterocycles. The number of methoxy groups -OCH3 is 1. The van der Waals surface area contributed by atoms with Crippen molar-refractivity contribution in [2.75, 3.05) is 26.7 Å². The molecule has 0 N–H and O–H groups in total. The van der Waals surface area contributed by atoms with Crippen molar-refractivity contribution in [1.82, 2.24) is 4.90 Å². The Hall–Kier alpha value is -2.57. The van der Waals surface area contributed by atoms with Gasteiger partial charge in [0.2, 0.25) is 0 Å². The summed E-state index contributed by atoms with van der Waals surface area (Å²) >= 11 is 0. The molecular formula is C25H31NO4S. The van der Waals surface area contributed by atoms with E-state index in [2.05, 4.69) is 18.7 Å². The molecule has 3 aromatic rings. The number of rotatable bonds is 11. The summed E-state index contributed by atoms with van der Waals surface area (Å²) in [5, 5.41) is 0. The third-order valence-corrected chi connectivity index (χ3v) is 7.36. The lowest BCUT2D eigenvalue weighted by Crippen LogP contribution is -2.24. The van der Waals surface area contributed by atoms with Gasteiger partial charge in [0, 0.05) is 11.1 Å². The van der Waals surface area contributed by atoms with Crippen LogP contribution in [-0.2, 0) is 22.0 Å². The monoisotopic (exact) mass is 441 g/mol. The summed E-state index contributed by atoms with van der Waals surface area (Å²) < 4.78 is 37.2. The van der Waals surface area contributed by atoms with E-state index in [9.17, 15) is 8.42 Å². The maximum Gasteiger partial charge on any atom is 0.182 e. The second-order valence-corrected chi connectivity index (χ2v) is 9.50. The lowest BCUT2D eigenvalue weighted by atomic mass is 10.1. The minimum atomic E-state index is -3.49. The molecule has 31 heavy (non-hydrogen) atoms. The number of sulfone groups is 1. The number of hydrogen-bond donors (Lipinski definition) is 0. The summed E-state index contributed by atoms with van der Waals surface area (Å²) in [4.78, 5) is 2.78. The molecule has 0 radical (unpaired) electrons. The summed E-state index contributed by atoms with van der Waals surface area (Å²) in [5.41, 5.74) is 3.35. The van der Waals surface area contributed by atoms with Gasteiger partial charge in [0.15, 0.2) is 9.84 Å². The van der Waals surface area contributed by atoms with E-state index in [4.69, 9.17) is 9.15 Å². The highest BCUT2D eigenvalue weighted by Gasteiger charge is 2.20. The fourth-order valence-corrected chi connectivity index (χ4v) is 5.45. The first kappa shape index (κ1) is 23.1. The number of hydrogen-bond acceptors (Lipinski definition) is 5. The zero-order valence-electron chi connectivity index (χ0n) is 18.5. The third-order valence-electron chi connectivity index (χ3n) is 5.58. The minimum Gasteiger partial charge on any atom is -0.496 e. The van der Waals surface area contributed by atoms with Crippen LogP contribution in [0, 0.1) is 0 Å². The molecular weight excluding hydrogens is 410 g/mol. The van der Waals surface area contributed by atoms with Crippen molar-refractivity contribution in [2.45, 2.75) is 37.3 Å². The molecule has 0 atom stereocenters. The first-order valence-electron chi connectivity index (χ1n) is 10.7. The van der Waals surface area contributed by atoms with Crippen molar-refractivity contribution in [3.05, 3.63) is 72.2 Å². The molecule has 1 heterocycles. The van der Waals surface area contributed by atoms with E-state index in [0.717, 1.165) is 49.2 Å². The smallest absolute Gasteiger partial charge is 0.182 e. The fourth-order valence-electron chi connectivity index (χ4n) is 3.83. The second kappa shape index (κ2) is 10.6. The topological polar surface area (TPSA) is 59.8 Å². The van der Waals surface area contributed by atoms with Crippen LogP contribution in [0.1, 0.15) is 31.4 Å². The maximum absolute atomic E-state index is 13.3. The van der Waals surface area contributed by atoms with Crippen LogP contribution in [0.15, 0.2) is 70.4 Å². The van der Waals surface area contributed by atoms with E-state index in [-0.39, 0.29) is 5.75 Å². The van der Waals surface area contributed by atoms with Crippen molar-refractivity contribution in [2.24, 2.45) is 0 Å². The van der Waals surface area contributed by atoms with Crippen molar-refractivity contribution >= 4 is 9.84 Å². The van der Waals surface area contributed by atoms with E-state index >= 15 is 0 Å². The van der Waals surface area contributed by atoms with E-state index < -0.39 is 9.84 Å². The maximum atomic E-state index is 13.3. The molecule has 0 aliphatic rings. The zero-order chi connectivity index (χ0) is 22.3. The number of aryl methyl sites for hydroxylation is 1. The van der Waals surface area contributed by atoms with Gasteiger partial charge >= 0.3 is 0 Å². The summed E-state index contributed by atoms with van der Waals surface area (Å²) in [6, 6.07) is 14.7. The molecule has 0 saturated carbocycles. The van der Waals surface area contributed by atoms with Gasteiger partial charge in [0.1, 0.15) is 5.75 Å². The van der Waals surface area contributed by atoms with E-state index in [0.29, 0.717) is 16.2 Å². The average Bonchev–Trinajstić information content (AvgIpc) is 3.31. The average molecular weight is 442 g/mol. The van der Waals surface area contributed by atoms with Gasteiger partial charge in [0.25, 0.3) is 0 Å². The number of furan rings is 1. The molecule has 0 unspecified atom stereocenters. The molecule has 166 valence electrons. The Morgan fingerprint density at radius 1 is 1.03 bits per heavy atom. The normalized spacial score (nSPS) is 11.7. The molecule has 5 nitrogen and oxygen atoms in total. The van der Waals surface area contributed by atoms with E-state index in [1.54, 1.807) is 37.8 Å². The van der Waals surface area contributed by atoms with Gasteiger partial charge in [0.05, 0.1) is 30.3 Å². The Labute approximate surface area is 185 Å². The Balaban J connectivity index is 1.80. The predicted molar refractivity (Wildman–Crippen MR) is 124 cm³/mol. The van der Waals surface area contributed by atoms with Gasteiger partial charge in [-0.1, -0.05) is 44.2 Å². The van der Waals surface area contributed by atoms with Gasteiger partial charge < -0.3 is 14.1 Å². The molecule has 0 fully saturated rings. The molecule has 0 spiro atoms. The van der Waals surface area contributed by atoms with Crippen LogP contribution in [0.2, 0.25) is 0 Å². The molecule has 1 aromatic heterocycles. The van der Waals surface area contributed by atoms with Crippen LogP contribution in [0.5, 0.6) is 5.75 Å². The highest BCUT2D eigenvalue weighted by molar-refractivity contribution is 7.90. The number of benzene rings is 2. The quantitative estimate of drug-likeness (QED) is 0.409. The highest BCUT2D eigenvalue weighted by Crippen LogP contribution is 2.32. The SMILES string of the molecule is CCN(CC)CCCc1ccccc1S(=O)(=O)Cc1ccc(-c2ccoc2)c(OC)c1. The van der Waals surface area contributed by atoms with Gasteiger partial charge in [-0.25, -0.2) is 8.42 Å². The van der Waals surface area contributed by atoms with Crippen molar-refractivity contribution < 1.29 is 17.6 Å². The second-order valence-electron chi connectivity index (χ2n) is 7.54. The summed E-state index contributed by atoms with van der Waals surface area (Å²) in [6.45, 7) is 7.27. The van der Waals surface area contributed by atoms with Gasteiger partial charge in [-0.3, -0.25) is 0 Å². The molecule has 2 aromatic carbocycles. The molecule has 0 amide bonds. The van der Waals surface area contributed by atoms with Gasteiger partial charge in [-0.05, 0) is 61.8 Å². The Bertz CT molecular complexity index is 1070. The molecule has 0 saturated heterocycles. The minimum absolute atomic E-state index is 0.0674. The number of nitrogens with zero attached hydrogens (tertiary/aromatic N) is 1. The largest absolute Gasteiger partial charge is 0.496 e. The van der Waals surface area contributed by atoms with Crippen LogP contribution in [0.25, 0.3) is 11.1 Å². The van der Waals surface area contributed by atoms with E-state index in [1.165, 1.54) is 0 Å². The van der Waals surface area contributed by atoms with Crippen molar-refractivity contribution in [3.8, 4) is 16.9 Å². The lowest BCUT2D eigenvalue weighted by Gasteiger charge is -2.18. The first-order chi connectivity index (χ1) is 15.0. The molecule has 3 rings (SSSR count). The Morgan fingerprint density at radius 2 is 1.81 bits per heavy atom. The van der Waals surface area contributed by atoms with Gasteiger partial charge in [-0.15, -0.1) is 0 Å². The standard InChI is InChI=1S/C25H31NO4S/c1-4-26(5-2)15-8-10-21-9-6-7-11-25(21)31(27,28)19-20-12-13-23(24(17-20)29-3)22-14-16-30-18-22/h6-7,9,11-14,16-18H,4-5,8,10,15,19H2,1-3H3. The van der Waals surface area contributed by atoms with Crippen LogP contribution in [0.4, 0.5) is 0 Å². The van der Waals surface area contributed by atoms with E-state index in [1.807, 2.05) is 30.3 Å². The van der Waals surface area contributed by atoms with Crippen molar-refractivity contribution in [1.29, 1.82) is 0 Å². The number of ether oxygens (including phenoxy) is 1. The molecule has 0 bridgehead atoms. The van der Waals surface area contributed by atoms with Crippen molar-refractivity contribution in [3.63, 3.8) is 0 Å². The van der Waals surface area contributed by atoms with Crippen LogP contribution < -0.4 is 4.74 Å². The molecule has 6 heteroatoms. The highest BCUT2D eigenvalue weighted by atomic mass is 32.2. The summed E-state index contributed by atoms with van der Waals surface area (Å²) in [6.07, 6.45) is 4.92. The van der Waals surface area contributed by atoms with Crippen LogP contribution >= 0.6 is 0 Å². The van der Waals surface area contributed by atoms with Crippen LogP contribution in [-0.4, -0.2) is 40.1 Å². The summed E-state index contributed by atoms with van der Waals surface area (Å²) in [5.74, 6) is 0.559. The lowest BCUT2D eigenvalue weighted by molar-refractivity contribution is 0.300. The van der Waals surface area contributed by atoms with Crippen LogP contribution in [0.3, 0.4) is 0 Å². The first-order valence-corrected chi connectivity index (χ1v) is 12.4. The fraction of sp³-hybridized carbons (Fsp3) is 0.360. The van der Waals surface area contributed by atoms with Gasteiger partial charge in [-0.2, -0.15) is 0 Å². The zero-order valence-corrected chi connectivity index (χ0v) is 19.3. The molecule has 0 aliphatic carbocycles. The third kappa shape index (κ3) is 5.77. The predicted octanol–water partition coefficient (Wildman–Crippen LogP) is 5.20. The summed E-state index contributed by atoms with van der Waals surface area (Å²) in [7, 11) is -1.90. The Kier molecular flexibility index (Phi) is 7.93.